The predicted octanol–water partition coefficient (Wildman–Crippen LogP) is 5.94. The fraction of sp³-hybridized carbons (Fsp3) is 0.627. The van der Waals surface area contributed by atoms with E-state index < -0.39 is 109 Å². The minimum atomic E-state index is -1.89. The van der Waals surface area contributed by atoms with Gasteiger partial charge in [-0.15, -0.1) is 0 Å². The summed E-state index contributed by atoms with van der Waals surface area (Å²) in [5.41, 5.74) is -1.26. The summed E-state index contributed by atoms with van der Waals surface area (Å²) in [4.78, 5) is 97.2. The van der Waals surface area contributed by atoms with Gasteiger partial charge in [-0.3, -0.25) is 19.7 Å². The van der Waals surface area contributed by atoms with Gasteiger partial charge in [-0.1, -0.05) is 61.7 Å². The molecule has 1 aromatic carbocycles. The molecular formula is C51H72ClN5O15. The molecule has 0 aromatic heterocycles. The normalized spacial score (nSPS) is 29.1. The average Bonchev–Trinajstić information content (AvgIpc) is 4.03. The number of benzene rings is 1. The number of Topliss-reactive ketones (excluding diaryl/α,β-unsaturated/α-hetero) is 1. The molecule has 10 atom stereocenters. The maximum Gasteiger partial charge on any atom is 0.410 e. The van der Waals surface area contributed by atoms with Gasteiger partial charge in [0.05, 0.1) is 38.3 Å². The van der Waals surface area contributed by atoms with Crippen molar-refractivity contribution in [1.29, 1.82) is 0 Å². The topological polar surface area (TPSA) is 241 Å². The second-order valence-electron chi connectivity index (χ2n) is 19.2. The summed E-state index contributed by atoms with van der Waals surface area (Å²) in [6, 6.07) is 1.17. The number of anilines is 1. The summed E-state index contributed by atoms with van der Waals surface area (Å²) < 4.78 is 40.2. The van der Waals surface area contributed by atoms with Gasteiger partial charge in [0.2, 0.25) is 11.8 Å². The lowest BCUT2D eigenvalue weighted by molar-refractivity contribution is -0.162. The van der Waals surface area contributed by atoms with Crippen LogP contribution in [0.15, 0.2) is 48.1 Å². The van der Waals surface area contributed by atoms with Crippen LogP contribution in [0.5, 0.6) is 5.75 Å². The summed E-state index contributed by atoms with van der Waals surface area (Å²) in [7, 11) is 7.22. The highest BCUT2D eigenvalue weighted by atomic mass is 35.5. The van der Waals surface area contributed by atoms with Crippen LogP contribution in [0.2, 0.25) is 5.02 Å². The highest BCUT2D eigenvalue weighted by molar-refractivity contribution is 6.35. The Labute approximate surface area is 426 Å². The van der Waals surface area contributed by atoms with Crippen molar-refractivity contribution in [3.63, 3.8) is 0 Å². The number of carbonyl (C=O) groups excluding carboxylic acids is 7. The van der Waals surface area contributed by atoms with Crippen molar-refractivity contribution in [2.75, 3.05) is 53.4 Å². The summed E-state index contributed by atoms with van der Waals surface area (Å²) in [6.45, 7) is 7.75. The van der Waals surface area contributed by atoms with Crippen LogP contribution in [0.4, 0.5) is 20.1 Å². The van der Waals surface area contributed by atoms with E-state index in [-0.39, 0.29) is 36.6 Å². The summed E-state index contributed by atoms with van der Waals surface area (Å²) in [5.74, 6) is -2.66. The van der Waals surface area contributed by atoms with E-state index in [1.807, 2.05) is 25.2 Å². The van der Waals surface area contributed by atoms with Crippen molar-refractivity contribution in [2.45, 2.75) is 153 Å². The van der Waals surface area contributed by atoms with Crippen LogP contribution in [0.25, 0.3) is 0 Å². The number of likely N-dealkylation sites (N-methyl/N-ethyl adjacent to an activating group) is 2. The Morgan fingerprint density at radius 3 is 2.51 bits per heavy atom. The first-order valence-electron chi connectivity index (χ1n) is 24.4. The number of allylic oxidation sites excluding steroid dienone is 4. The molecule has 72 heavy (non-hydrogen) atoms. The molecule has 3 N–H and O–H groups in total. The predicted molar refractivity (Wildman–Crippen MR) is 264 cm³/mol. The number of amides is 5. The molecule has 4 bridgehead atoms. The Balaban J connectivity index is 1.28. The lowest BCUT2D eigenvalue weighted by atomic mass is 9.83. The lowest BCUT2D eigenvalue weighted by Gasteiger charge is -2.42. The average molecular weight is 1030 g/mol. The van der Waals surface area contributed by atoms with Crippen molar-refractivity contribution in [1.82, 2.24) is 20.4 Å². The molecule has 3 aliphatic heterocycles. The van der Waals surface area contributed by atoms with Crippen LogP contribution in [0.3, 0.4) is 0 Å². The van der Waals surface area contributed by atoms with Gasteiger partial charge in [-0.25, -0.2) is 19.2 Å². The molecule has 3 heterocycles. The SMILES string of the molecule is CCC(=O)C(CN(C)C(=O)OC1/C=C/CCCCC1)NC(=O)OCCC(=O)N(C)[C@@H](C)C(=O)O[C@H]1CC(=O)N(C)c2cc(cc(OC)c2Cl)C/C(C)=C/C=C/[C@@H](OC)[C@@]2(O)C[C@H](OC(=O)N2)[C@@H](C)[C@@H]2OC12C. The Kier molecular flexibility index (Phi) is 20.1. The molecule has 398 valence electrons. The number of ketones is 1. The van der Waals surface area contributed by atoms with E-state index in [4.69, 9.17) is 44.8 Å². The zero-order valence-corrected chi connectivity index (χ0v) is 43.8. The van der Waals surface area contributed by atoms with E-state index >= 15 is 0 Å². The maximum absolute atomic E-state index is 14.3. The van der Waals surface area contributed by atoms with Gasteiger partial charge in [-0.2, -0.15) is 0 Å². The lowest BCUT2D eigenvalue weighted by Crippen LogP contribution is -2.63. The van der Waals surface area contributed by atoms with E-state index in [9.17, 15) is 38.7 Å². The second-order valence-corrected chi connectivity index (χ2v) is 19.6. The highest BCUT2D eigenvalue weighted by Gasteiger charge is 2.64. The molecule has 20 nitrogen and oxygen atoms in total. The zero-order chi connectivity index (χ0) is 53.1. The van der Waals surface area contributed by atoms with Gasteiger partial charge in [-0.05, 0) is 76.6 Å². The number of carbonyl (C=O) groups is 7. The minimum absolute atomic E-state index is 0.0631. The van der Waals surface area contributed by atoms with Gasteiger partial charge in [0.1, 0.15) is 59.5 Å². The molecular weight excluding hydrogens is 958 g/mol. The number of alkyl carbamates (subject to hydrolysis) is 2. The van der Waals surface area contributed by atoms with Gasteiger partial charge in [0, 0.05) is 47.0 Å². The number of hydrogen-bond donors (Lipinski definition) is 3. The molecule has 0 spiro atoms. The number of nitrogens with zero attached hydrogens (tertiary/aromatic N) is 3. The van der Waals surface area contributed by atoms with Crippen LogP contribution in [-0.2, 0) is 54.0 Å². The number of nitrogens with one attached hydrogen (secondary N) is 2. The molecule has 3 unspecified atom stereocenters. The standard InChI is InChI=1S/C51H72ClN5O15/c1-11-37(58)35(29-55(6)49(64)69-34-19-15-13-12-14-16-20-34)53-47(62)68-23-22-42(59)56(7)32(4)46(61)71-41-27-43(60)57(8)36-25-33(26-38(66-9)44(36)52)24-30(2)18-17-21-40(67-10)51(65)28-39(70-48(63)54-51)31(3)45-50(41,5)72-45/h15,17-19,21,25-26,31-32,34-35,39-41,45,65H,11-14,16,20,22-24,27-29H2,1-10H3,(H,53,62)(H,54,63)/b19-15+,21-17+,30-18+/t31-,32+,34?,35?,39+,40-,41+,45+,50?,51+/m1/s1. The Bertz CT molecular complexity index is 2260. The van der Waals surface area contributed by atoms with Gasteiger partial charge in [0.15, 0.2) is 11.5 Å². The van der Waals surface area contributed by atoms with Crippen LogP contribution in [-0.4, -0.2) is 159 Å². The van der Waals surface area contributed by atoms with E-state index in [2.05, 4.69) is 10.6 Å². The Hall–Kier alpha value is -5.70. The van der Waals surface area contributed by atoms with Crippen LogP contribution >= 0.6 is 11.6 Å². The first kappa shape index (κ1) is 57.2. The molecule has 4 aliphatic rings. The molecule has 1 aliphatic carbocycles. The molecule has 1 aromatic rings. The van der Waals surface area contributed by atoms with Crippen molar-refractivity contribution in [2.24, 2.45) is 5.92 Å². The number of epoxide rings is 1. The third-order valence-electron chi connectivity index (χ3n) is 13.8. The smallest absolute Gasteiger partial charge is 0.410 e. The largest absolute Gasteiger partial charge is 0.495 e. The quantitative estimate of drug-likeness (QED) is 0.0846. The van der Waals surface area contributed by atoms with Crippen molar-refractivity contribution in [3.05, 3.63) is 58.7 Å². The number of halogens is 1. The van der Waals surface area contributed by atoms with Crippen molar-refractivity contribution in [3.8, 4) is 5.75 Å². The molecule has 2 fully saturated rings. The number of fused-ring (bicyclic) bond motifs is 5. The Morgan fingerprint density at radius 1 is 1.08 bits per heavy atom. The number of rotatable bonds is 14. The molecule has 5 rings (SSSR count). The Morgan fingerprint density at radius 2 is 1.82 bits per heavy atom. The zero-order valence-electron chi connectivity index (χ0n) is 43.0. The van der Waals surface area contributed by atoms with Crippen LogP contribution in [0, 0.1) is 5.92 Å². The first-order chi connectivity index (χ1) is 34.0. The van der Waals surface area contributed by atoms with Crippen LogP contribution < -0.4 is 20.3 Å². The molecule has 5 amide bonds. The molecule has 0 radical (unpaired) electrons. The van der Waals surface area contributed by atoms with Gasteiger partial charge in [0.25, 0.3) is 0 Å². The minimum Gasteiger partial charge on any atom is -0.495 e. The number of hydrogen-bond acceptors (Lipinski definition) is 15. The van der Waals surface area contributed by atoms with Gasteiger partial charge < -0.3 is 58.3 Å². The number of aliphatic hydroxyl groups is 1. The molecule has 2 saturated heterocycles. The van der Waals surface area contributed by atoms with E-state index in [0.29, 0.717) is 24.3 Å². The monoisotopic (exact) mass is 1030 g/mol. The van der Waals surface area contributed by atoms with Crippen molar-refractivity contribution < 1.29 is 71.8 Å². The van der Waals surface area contributed by atoms with E-state index in [0.717, 1.165) is 41.7 Å². The fourth-order valence-electron chi connectivity index (χ4n) is 9.08. The van der Waals surface area contributed by atoms with Crippen molar-refractivity contribution >= 4 is 59.1 Å². The second kappa shape index (κ2) is 25.3. The summed E-state index contributed by atoms with van der Waals surface area (Å²) in [6.07, 6.45) is 6.34. The van der Waals surface area contributed by atoms with Gasteiger partial charge >= 0.3 is 24.2 Å². The maximum atomic E-state index is 14.3. The third-order valence-corrected chi connectivity index (χ3v) is 14.2. The highest BCUT2D eigenvalue weighted by Crippen LogP contribution is 2.49. The fourth-order valence-corrected chi connectivity index (χ4v) is 9.39. The number of ether oxygens (including phenoxy) is 7. The first-order valence-corrected chi connectivity index (χ1v) is 24.8. The van der Waals surface area contributed by atoms with E-state index in [1.165, 1.54) is 52.1 Å². The number of methoxy groups -OCH3 is 2. The summed E-state index contributed by atoms with van der Waals surface area (Å²) >= 11 is 6.80. The molecule has 21 heteroatoms. The number of esters is 1. The summed E-state index contributed by atoms with van der Waals surface area (Å²) in [5, 5.41) is 17.0. The molecule has 0 saturated carbocycles. The van der Waals surface area contributed by atoms with E-state index in [1.54, 1.807) is 45.1 Å². The van der Waals surface area contributed by atoms with Crippen LogP contribution in [0.1, 0.15) is 98.0 Å². The third kappa shape index (κ3) is 14.5.